The Balaban J connectivity index is 2.38. The van der Waals surface area contributed by atoms with Gasteiger partial charge in [0, 0.05) is 12.0 Å². The lowest BCUT2D eigenvalue weighted by Crippen LogP contribution is -2.40. The Hall–Kier alpha value is -1.02. The second-order valence-electron chi connectivity index (χ2n) is 5.91. The Labute approximate surface area is 117 Å². The molecule has 2 unspecified atom stereocenters. The zero-order valence-electron chi connectivity index (χ0n) is 12.8. The minimum absolute atomic E-state index is 0.289. The van der Waals surface area contributed by atoms with E-state index in [1.165, 1.54) is 30.4 Å². The van der Waals surface area contributed by atoms with E-state index >= 15 is 0 Å². The SMILES string of the molecule is CCNCC1(c2ccc(C)c(OC)c2)CCCC1C. The molecule has 0 radical (unpaired) electrons. The molecule has 1 aliphatic carbocycles. The zero-order valence-corrected chi connectivity index (χ0v) is 12.8. The zero-order chi connectivity index (χ0) is 13.9. The molecule has 2 atom stereocenters. The minimum atomic E-state index is 0.289. The maximum absolute atomic E-state index is 5.51. The fourth-order valence-corrected chi connectivity index (χ4v) is 3.52. The number of likely N-dealkylation sites (N-methyl/N-ethyl adjacent to an activating group) is 1. The highest BCUT2D eigenvalue weighted by molar-refractivity contribution is 5.41. The van der Waals surface area contributed by atoms with Crippen LogP contribution in [-0.4, -0.2) is 20.2 Å². The summed E-state index contributed by atoms with van der Waals surface area (Å²) in [5.41, 5.74) is 2.95. The van der Waals surface area contributed by atoms with Crippen LogP contribution in [0.1, 0.15) is 44.2 Å². The highest BCUT2D eigenvalue weighted by atomic mass is 16.5. The summed E-state index contributed by atoms with van der Waals surface area (Å²) in [5.74, 6) is 1.76. The fourth-order valence-electron chi connectivity index (χ4n) is 3.52. The van der Waals surface area contributed by atoms with E-state index in [2.05, 4.69) is 44.3 Å². The predicted octanol–water partition coefficient (Wildman–Crippen LogP) is 3.67. The fraction of sp³-hybridized carbons (Fsp3) is 0.647. The number of aryl methyl sites for hydroxylation is 1. The third-order valence-electron chi connectivity index (χ3n) is 4.88. The van der Waals surface area contributed by atoms with Crippen molar-refractivity contribution in [1.82, 2.24) is 5.32 Å². The molecule has 19 heavy (non-hydrogen) atoms. The molecule has 0 bridgehead atoms. The van der Waals surface area contributed by atoms with Crippen LogP contribution in [0.15, 0.2) is 18.2 Å². The molecule has 2 heteroatoms. The van der Waals surface area contributed by atoms with Crippen LogP contribution in [-0.2, 0) is 5.41 Å². The molecular weight excluding hydrogens is 234 g/mol. The summed E-state index contributed by atoms with van der Waals surface area (Å²) in [6.45, 7) is 8.81. The lowest BCUT2D eigenvalue weighted by molar-refractivity contribution is 0.318. The van der Waals surface area contributed by atoms with E-state index in [4.69, 9.17) is 4.74 Å². The van der Waals surface area contributed by atoms with Crippen LogP contribution in [0.5, 0.6) is 5.75 Å². The maximum atomic E-state index is 5.51. The van der Waals surface area contributed by atoms with Crippen molar-refractivity contribution >= 4 is 0 Å². The first-order valence-corrected chi connectivity index (χ1v) is 7.50. The average molecular weight is 261 g/mol. The van der Waals surface area contributed by atoms with Crippen LogP contribution in [0, 0.1) is 12.8 Å². The molecule has 0 spiro atoms. The van der Waals surface area contributed by atoms with Gasteiger partial charge >= 0.3 is 0 Å². The molecule has 1 N–H and O–H groups in total. The molecule has 0 aromatic heterocycles. The first-order chi connectivity index (χ1) is 9.14. The van der Waals surface area contributed by atoms with Gasteiger partial charge in [0.2, 0.25) is 0 Å². The van der Waals surface area contributed by atoms with Gasteiger partial charge in [0.25, 0.3) is 0 Å². The largest absolute Gasteiger partial charge is 0.496 e. The molecule has 0 heterocycles. The van der Waals surface area contributed by atoms with Crippen molar-refractivity contribution in [2.75, 3.05) is 20.2 Å². The van der Waals surface area contributed by atoms with Gasteiger partial charge < -0.3 is 10.1 Å². The van der Waals surface area contributed by atoms with Gasteiger partial charge in [-0.15, -0.1) is 0 Å². The average Bonchev–Trinajstić information content (AvgIpc) is 2.79. The third kappa shape index (κ3) is 2.64. The second-order valence-corrected chi connectivity index (χ2v) is 5.91. The molecular formula is C17H27NO. The van der Waals surface area contributed by atoms with Crippen molar-refractivity contribution in [3.63, 3.8) is 0 Å². The number of methoxy groups -OCH3 is 1. The monoisotopic (exact) mass is 261 g/mol. The van der Waals surface area contributed by atoms with Crippen LogP contribution < -0.4 is 10.1 Å². The smallest absolute Gasteiger partial charge is 0.122 e. The third-order valence-corrected chi connectivity index (χ3v) is 4.88. The summed E-state index contributed by atoms with van der Waals surface area (Å²) in [4.78, 5) is 0. The number of rotatable bonds is 5. The van der Waals surface area contributed by atoms with Gasteiger partial charge in [-0.3, -0.25) is 0 Å². The topological polar surface area (TPSA) is 21.3 Å². The summed E-state index contributed by atoms with van der Waals surface area (Å²) in [5, 5.41) is 3.57. The van der Waals surface area contributed by atoms with Crippen LogP contribution >= 0.6 is 0 Å². The van der Waals surface area contributed by atoms with Crippen molar-refractivity contribution < 1.29 is 4.74 Å². The van der Waals surface area contributed by atoms with Crippen LogP contribution in [0.2, 0.25) is 0 Å². The van der Waals surface area contributed by atoms with E-state index in [1.54, 1.807) is 7.11 Å². The van der Waals surface area contributed by atoms with E-state index in [0.717, 1.165) is 24.8 Å². The van der Waals surface area contributed by atoms with Gasteiger partial charge in [-0.1, -0.05) is 32.4 Å². The maximum Gasteiger partial charge on any atom is 0.122 e. The van der Waals surface area contributed by atoms with E-state index in [1.807, 2.05) is 0 Å². The van der Waals surface area contributed by atoms with Gasteiger partial charge in [0.15, 0.2) is 0 Å². The van der Waals surface area contributed by atoms with Crippen LogP contribution in [0.4, 0.5) is 0 Å². The van der Waals surface area contributed by atoms with Gasteiger partial charge in [-0.25, -0.2) is 0 Å². The normalized spacial score (nSPS) is 26.6. The quantitative estimate of drug-likeness (QED) is 0.873. The van der Waals surface area contributed by atoms with E-state index in [-0.39, 0.29) is 5.41 Å². The molecule has 0 aliphatic heterocycles. The van der Waals surface area contributed by atoms with E-state index in [0.29, 0.717) is 0 Å². The summed E-state index contributed by atoms with van der Waals surface area (Å²) >= 11 is 0. The Kier molecular flexibility index (Phi) is 4.51. The van der Waals surface area contributed by atoms with E-state index in [9.17, 15) is 0 Å². The standard InChI is InChI=1S/C17H27NO/c1-5-18-12-17(10-6-7-14(17)3)15-9-8-13(2)16(11-15)19-4/h8-9,11,14,18H,5-7,10,12H2,1-4H3. The van der Waals surface area contributed by atoms with Gasteiger partial charge in [-0.05, 0) is 49.4 Å². The van der Waals surface area contributed by atoms with Gasteiger partial charge in [0.05, 0.1) is 7.11 Å². The summed E-state index contributed by atoms with van der Waals surface area (Å²) in [7, 11) is 1.77. The number of hydrogen-bond acceptors (Lipinski definition) is 2. The van der Waals surface area contributed by atoms with Gasteiger partial charge in [0.1, 0.15) is 5.75 Å². The van der Waals surface area contributed by atoms with Crippen molar-refractivity contribution in [3.05, 3.63) is 29.3 Å². The second kappa shape index (κ2) is 5.96. The number of hydrogen-bond donors (Lipinski definition) is 1. The Morgan fingerprint density at radius 2 is 2.21 bits per heavy atom. The van der Waals surface area contributed by atoms with Crippen molar-refractivity contribution in [2.45, 2.75) is 45.4 Å². The van der Waals surface area contributed by atoms with Crippen LogP contribution in [0.25, 0.3) is 0 Å². The predicted molar refractivity (Wildman–Crippen MR) is 81.0 cm³/mol. The molecule has 2 nitrogen and oxygen atoms in total. The number of ether oxygens (including phenoxy) is 1. The lowest BCUT2D eigenvalue weighted by atomic mass is 9.72. The van der Waals surface area contributed by atoms with Crippen molar-refractivity contribution in [1.29, 1.82) is 0 Å². The Morgan fingerprint density at radius 3 is 2.79 bits per heavy atom. The first kappa shape index (κ1) is 14.4. The molecule has 0 saturated heterocycles. The molecule has 2 rings (SSSR count). The van der Waals surface area contributed by atoms with Crippen LogP contribution in [0.3, 0.4) is 0 Å². The summed E-state index contributed by atoms with van der Waals surface area (Å²) in [6, 6.07) is 6.76. The molecule has 1 saturated carbocycles. The van der Waals surface area contributed by atoms with Gasteiger partial charge in [-0.2, -0.15) is 0 Å². The lowest BCUT2D eigenvalue weighted by Gasteiger charge is -2.35. The molecule has 1 aromatic rings. The van der Waals surface area contributed by atoms with E-state index < -0.39 is 0 Å². The summed E-state index contributed by atoms with van der Waals surface area (Å²) in [6.07, 6.45) is 3.96. The van der Waals surface area contributed by atoms with Crippen molar-refractivity contribution in [3.8, 4) is 5.75 Å². The summed E-state index contributed by atoms with van der Waals surface area (Å²) < 4.78 is 5.51. The number of benzene rings is 1. The number of nitrogens with one attached hydrogen (secondary N) is 1. The highest BCUT2D eigenvalue weighted by Crippen LogP contribution is 2.46. The Bertz CT molecular complexity index is 429. The molecule has 106 valence electrons. The molecule has 0 amide bonds. The van der Waals surface area contributed by atoms with Crippen molar-refractivity contribution in [2.24, 2.45) is 5.92 Å². The first-order valence-electron chi connectivity index (χ1n) is 7.50. The minimum Gasteiger partial charge on any atom is -0.496 e. The highest BCUT2D eigenvalue weighted by Gasteiger charge is 2.41. The molecule has 1 fully saturated rings. The molecule has 1 aliphatic rings. The molecule has 1 aromatic carbocycles. The Morgan fingerprint density at radius 1 is 1.42 bits per heavy atom.